The zero-order valence-corrected chi connectivity index (χ0v) is 11.9. The van der Waals surface area contributed by atoms with Gasteiger partial charge in [0.05, 0.1) is 29.5 Å². The monoisotopic (exact) mass is 304 g/mol. The highest BCUT2D eigenvalue weighted by Gasteiger charge is 2.28. The smallest absolute Gasteiger partial charge is 0.316 e. The van der Waals surface area contributed by atoms with E-state index in [0.717, 1.165) is 6.42 Å². The van der Waals surface area contributed by atoms with Gasteiger partial charge < -0.3 is 9.64 Å². The van der Waals surface area contributed by atoms with Crippen LogP contribution in [0.15, 0.2) is 36.9 Å². The lowest BCUT2D eigenvalue weighted by Gasteiger charge is -2.16. The van der Waals surface area contributed by atoms with Crippen LogP contribution in [-0.4, -0.2) is 45.0 Å². The Hall–Kier alpha value is -2.21. The van der Waals surface area contributed by atoms with Crippen molar-refractivity contribution in [3.05, 3.63) is 47.5 Å². The lowest BCUT2D eigenvalue weighted by Crippen LogP contribution is -2.31. The summed E-state index contributed by atoms with van der Waals surface area (Å²) in [5, 5.41) is 0.460. The van der Waals surface area contributed by atoms with Gasteiger partial charge in [0, 0.05) is 25.4 Å². The standard InChI is InChI=1S/C14H13ClN4O2/c15-11-7-17-14(18-8-11)21-12-3-5-19(9-12)13(20)10-2-1-4-16-6-10/h1-2,4,6-8,12H,3,5,9H2/t12-/m0/s1. The zero-order chi connectivity index (χ0) is 14.7. The Morgan fingerprint density at radius 1 is 1.33 bits per heavy atom. The minimum atomic E-state index is -0.105. The van der Waals surface area contributed by atoms with Crippen LogP contribution in [0.1, 0.15) is 16.8 Å². The molecule has 108 valence electrons. The van der Waals surface area contributed by atoms with Gasteiger partial charge in [0.15, 0.2) is 0 Å². The predicted molar refractivity (Wildman–Crippen MR) is 76.2 cm³/mol. The zero-order valence-electron chi connectivity index (χ0n) is 11.1. The van der Waals surface area contributed by atoms with E-state index in [0.29, 0.717) is 23.7 Å². The second kappa shape index (κ2) is 6.05. The minimum Gasteiger partial charge on any atom is -0.458 e. The van der Waals surface area contributed by atoms with Crippen LogP contribution in [0.2, 0.25) is 5.02 Å². The molecule has 0 unspecified atom stereocenters. The molecule has 1 fully saturated rings. The van der Waals surface area contributed by atoms with E-state index in [1.165, 1.54) is 12.4 Å². The van der Waals surface area contributed by atoms with E-state index < -0.39 is 0 Å². The Morgan fingerprint density at radius 3 is 2.86 bits per heavy atom. The van der Waals surface area contributed by atoms with E-state index in [1.54, 1.807) is 29.4 Å². The van der Waals surface area contributed by atoms with Gasteiger partial charge in [0.1, 0.15) is 6.10 Å². The number of pyridine rings is 1. The molecule has 1 aliphatic heterocycles. The maximum absolute atomic E-state index is 12.3. The molecule has 2 aromatic rings. The molecule has 3 heterocycles. The van der Waals surface area contributed by atoms with E-state index in [-0.39, 0.29) is 18.0 Å². The molecule has 0 bridgehead atoms. The Kier molecular flexibility index (Phi) is 3.96. The van der Waals surface area contributed by atoms with Gasteiger partial charge in [-0.1, -0.05) is 11.6 Å². The van der Waals surface area contributed by atoms with Gasteiger partial charge in [-0.15, -0.1) is 0 Å². The summed E-state index contributed by atoms with van der Waals surface area (Å²) in [5.41, 5.74) is 0.584. The van der Waals surface area contributed by atoms with Crippen LogP contribution < -0.4 is 4.74 Å². The summed E-state index contributed by atoms with van der Waals surface area (Å²) in [5.74, 6) is -0.0359. The number of likely N-dealkylation sites (tertiary alicyclic amines) is 1. The topological polar surface area (TPSA) is 68.2 Å². The van der Waals surface area contributed by atoms with Crippen LogP contribution in [0.25, 0.3) is 0 Å². The van der Waals surface area contributed by atoms with Crippen molar-refractivity contribution >= 4 is 17.5 Å². The molecular formula is C14H13ClN4O2. The fraction of sp³-hybridized carbons (Fsp3) is 0.286. The summed E-state index contributed by atoms with van der Waals surface area (Å²) in [7, 11) is 0. The molecular weight excluding hydrogens is 292 g/mol. The number of carbonyl (C=O) groups excluding carboxylic acids is 1. The molecule has 0 saturated carbocycles. The average Bonchev–Trinajstić information content (AvgIpc) is 2.98. The summed E-state index contributed by atoms with van der Waals surface area (Å²) < 4.78 is 5.66. The molecule has 1 amide bonds. The summed E-state index contributed by atoms with van der Waals surface area (Å²) in [6.45, 7) is 1.16. The molecule has 1 saturated heterocycles. The van der Waals surface area contributed by atoms with Crippen LogP contribution >= 0.6 is 11.6 Å². The molecule has 0 radical (unpaired) electrons. The van der Waals surface area contributed by atoms with Crippen LogP contribution in [-0.2, 0) is 0 Å². The molecule has 7 heteroatoms. The van der Waals surface area contributed by atoms with Gasteiger partial charge in [0.2, 0.25) is 0 Å². The van der Waals surface area contributed by atoms with Crippen molar-refractivity contribution in [3.63, 3.8) is 0 Å². The first kappa shape index (κ1) is 13.8. The fourth-order valence-corrected chi connectivity index (χ4v) is 2.29. The summed E-state index contributed by atoms with van der Waals surface area (Å²) in [6, 6.07) is 3.78. The Balaban J connectivity index is 1.60. The summed E-state index contributed by atoms with van der Waals surface area (Å²) in [6.07, 6.45) is 6.82. The van der Waals surface area contributed by atoms with Gasteiger partial charge in [-0.2, -0.15) is 0 Å². The molecule has 6 nitrogen and oxygen atoms in total. The fourth-order valence-electron chi connectivity index (χ4n) is 2.19. The number of hydrogen-bond acceptors (Lipinski definition) is 5. The number of ether oxygens (including phenoxy) is 1. The van der Waals surface area contributed by atoms with Crippen LogP contribution in [0, 0.1) is 0 Å². The first-order valence-corrected chi connectivity index (χ1v) is 6.93. The van der Waals surface area contributed by atoms with Crippen molar-refractivity contribution in [3.8, 4) is 6.01 Å². The van der Waals surface area contributed by atoms with E-state index in [1.807, 2.05) is 0 Å². The van der Waals surface area contributed by atoms with E-state index in [4.69, 9.17) is 16.3 Å². The van der Waals surface area contributed by atoms with Crippen molar-refractivity contribution in [2.75, 3.05) is 13.1 Å². The highest BCUT2D eigenvalue weighted by Crippen LogP contribution is 2.17. The number of nitrogens with zero attached hydrogens (tertiary/aromatic N) is 4. The lowest BCUT2D eigenvalue weighted by atomic mass is 10.2. The maximum Gasteiger partial charge on any atom is 0.316 e. The minimum absolute atomic E-state index is 0.0359. The Labute approximate surface area is 126 Å². The molecule has 0 spiro atoms. The molecule has 2 aromatic heterocycles. The molecule has 0 aromatic carbocycles. The van der Waals surface area contributed by atoms with E-state index in [9.17, 15) is 4.79 Å². The van der Waals surface area contributed by atoms with Crippen molar-refractivity contribution in [1.82, 2.24) is 19.9 Å². The SMILES string of the molecule is O=C(c1cccnc1)N1CC[C@H](Oc2ncc(Cl)cn2)C1. The lowest BCUT2D eigenvalue weighted by molar-refractivity contribution is 0.0769. The van der Waals surface area contributed by atoms with Crippen LogP contribution in [0.3, 0.4) is 0 Å². The molecule has 0 N–H and O–H groups in total. The number of amides is 1. The van der Waals surface area contributed by atoms with Gasteiger partial charge >= 0.3 is 6.01 Å². The number of carbonyl (C=O) groups is 1. The highest BCUT2D eigenvalue weighted by atomic mass is 35.5. The third-order valence-corrected chi connectivity index (χ3v) is 3.40. The van der Waals surface area contributed by atoms with Crippen molar-refractivity contribution in [1.29, 1.82) is 0 Å². The van der Waals surface area contributed by atoms with Crippen LogP contribution in [0.4, 0.5) is 0 Å². The Morgan fingerprint density at radius 2 is 2.14 bits per heavy atom. The van der Waals surface area contributed by atoms with Crippen molar-refractivity contribution in [2.24, 2.45) is 0 Å². The molecule has 1 atom stereocenters. The number of rotatable bonds is 3. The van der Waals surface area contributed by atoms with Gasteiger partial charge in [-0.05, 0) is 12.1 Å². The third kappa shape index (κ3) is 3.28. The molecule has 1 aliphatic rings. The summed E-state index contributed by atoms with van der Waals surface area (Å²) in [4.78, 5) is 26.0. The van der Waals surface area contributed by atoms with E-state index in [2.05, 4.69) is 15.0 Å². The van der Waals surface area contributed by atoms with E-state index >= 15 is 0 Å². The average molecular weight is 305 g/mol. The maximum atomic E-state index is 12.3. The number of halogens is 1. The predicted octanol–water partition coefficient (Wildman–Crippen LogP) is 1.82. The second-order valence-electron chi connectivity index (χ2n) is 4.71. The first-order valence-electron chi connectivity index (χ1n) is 6.56. The number of aromatic nitrogens is 3. The Bertz CT molecular complexity index is 621. The highest BCUT2D eigenvalue weighted by molar-refractivity contribution is 6.30. The quantitative estimate of drug-likeness (QED) is 0.865. The molecule has 0 aliphatic carbocycles. The summed E-state index contributed by atoms with van der Waals surface area (Å²) >= 11 is 5.72. The van der Waals surface area contributed by atoms with Crippen molar-refractivity contribution < 1.29 is 9.53 Å². The largest absolute Gasteiger partial charge is 0.458 e. The van der Waals surface area contributed by atoms with Gasteiger partial charge in [-0.25, -0.2) is 9.97 Å². The first-order chi connectivity index (χ1) is 10.2. The normalized spacial score (nSPS) is 17.8. The van der Waals surface area contributed by atoms with Crippen LogP contribution in [0.5, 0.6) is 6.01 Å². The third-order valence-electron chi connectivity index (χ3n) is 3.21. The number of hydrogen-bond donors (Lipinski definition) is 0. The van der Waals surface area contributed by atoms with Gasteiger partial charge in [-0.3, -0.25) is 9.78 Å². The molecule has 3 rings (SSSR count). The second-order valence-corrected chi connectivity index (χ2v) is 5.14. The molecule has 21 heavy (non-hydrogen) atoms. The van der Waals surface area contributed by atoms with Crippen molar-refractivity contribution in [2.45, 2.75) is 12.5 Å². The van der Waals surface area contributed by atoms with Gasteiger partial charge in [0.25, 0.3) is 5.91 Å².